The van der Waals surface area contributed by atoms with Crippen LogP contribution < -0.4 is 0 Å². The molecule has 4 aromatic carbocycles. The van der Waals surface area contributed by atoms with Crippen LogP contribution in [0.2, 0.25) is 0 Å². The SMILES string of the molecule is Cc1c2c(c(C)c(-c3ccccc3)c1-c1ccccc1)-c1ccccc1C2=O. The van der Waals surface area contributed by atoms with E-state index < -0.39 is 0 Å². The number of benzene rings is 4. The summed E-state index contributed by atoms with van der Waals surface area (Å²) in [4.78, 5) is 13.3. The van der Waals surface area contributed by atoms with Gasteiger partial charge in [-0.25, -0.2) is 0 Å². The van der Waals surface area contributed by atoms with Crippen LogP contribution in [0.15, 0.2) is 84.9 Å². The highest BCUT2D eigenvalue weighted by molar-refractivity contribution is 6.24. The van der Waals surface area contributed by atoms with Crippen molar-refractivity contribution >= 4 is 5.78 Å². The molecule has 0 N–H and O–H groups in total. The molecule has 0 saturated carbocycles. The average molecular weight is 360 g/mol. The number of carbonyl (C=O) groups excluding carboxylic acids is 1. The van der Waals surface area contributed by atoms with Gasteiger partial charge < -0.3 is 0 Å². The lowest BCUT2D eigenvalue weighted by atomic mass is 9.82. The van der Waals surface area contributed by atoms with Crippen molar-refractivity contribution in [1.82, 2.24) is 0 Å². The fourth-order valence-corrected chi connectivity index (χ4v) is 4.59. The molecule has 0 heterocycles. The van der Waals surface area contributed by atoms with Gasteiger partial charge in [0.05, 0.1) is 0 Å². The Kier molecular flexibility index (Phi) is 3.77. The third kappa shape index (κ3) is 2.30. The van der Waals surface area contributed by atoms with Crippen LogP contribution in [0.1, 0.15) is 27.0 Å². The Morgan fingerprint density at radius 2 is 0.893 bits per heavy atom. The van der Waals surface area contributed by atoms with Crippen molar-refractivity contribution in [3.8, 4) is 33.4 Å². The van der Waals surface area contributed by atoms with E-state index in [4.69, 9.17) is 0 Å². The van der Waals surface area contributed by atoms with Gasteiger partial charge in [-0.05, 0) is 58.4 Å². The minimum absolute atomic E-state index is 0.142. The quantitative estimate of drug-likeness (QED) is 0.336. The topological polar surface area (TPSA) is 17.1 Å². The third-order valence-electron chi connectivity index (χ3n) is 5.79. The van der Waals surface area contributed by atoms with Crippen LogP contribution in [0.3, 0.4) is 0 Å². The predicted molar refractivity (Wildman–Crippen MR) is 116 cm³/mol. The Morgan fingerprint density at radius 1 is 0.464 bits per heavy atom. The number of fused-ring (bicyclic) bond motifs is 3. The molecule has 28 heavy (non-hydrogen) atoms. The van der Waals surface area contributed by atoms with Gasteiger partial charge in [-0.2, -0.15) is 0 Å². The molecule has 0 atom stereocenters. The van der Waals surface area contributed by atoms with Gasteiger partial charge in [-0.3, -0.25) is 4.79 Å². The predicted octanol–water partition coefficient (Wildman–Crippen LogP) is 6.85. The zero-order valence-electron chi connectivity index (χ0n) is 16.0. The molecule has 0 aromatic heterocycles. The standard InChI is InChI=1S/C27H20O/c1-17-23(19-11-5-3-6-12-19)24(20-13-7-4-8-14-20)18(2)26-25(17)21-15-9-10-16-22(21)27(26)28/h3-16H,1-2H3. The van der Waals surface area contributed by atoms with Crippen LogP contribution in [0, 0.1) is 13.8 Å². The second-order valence-corrected chi connectivity index (χ2v) is 7.36. The van der Waals surface area contributed by atoms with Gasteiger partial charge >= 0.3 is 0 Å². The molecule has 0 aliphatic heterocycles. The molecule has 0 fully saturated rings. The van der Waals surface area contributed by atoms with Crippen molar-refractivity contribution in [3.05, 3.63) is 107 Å². The van der Waals surface area contributed by atoms with Gasteiger partial charge in [0.2, 0.25) is 0 Å². The van der Waals surface area contributed by atoms with E-state index in [9.17, 15) is 4.79 Å². The van der Waals surface area contributed by atoms with Crippen LogP contribution in [0.25, 0.3) is 33.4 Å². The van der Waals surface area contributed by atoms with Crippen LogP contribution in [0.4, 0.5) is 0 Å². The summed E-state index contributed by atoms with van der Waals surface area (Å²) in [6.07, 6.45) is 0. The number of carbonyl (C=O) groups is 1. The van der Waals surface area contributed by atoms with Gasteiger partial charge in [-0.15, -0.1) is 0 Å². The van der Waals surface area contributed by atoms with E-state index in [-0.39, 0.29) is 5.78 Å². The number of rotatable bonds is 2. The van der Waals surface area contributed by atoms with E-state index in [0.717, 1.165) is 38.9 Å². The fourth-order valence-electron chi connectivity index (χ4n) is 4.59. The summed E-state index contributed by atoms with van der Waals surface area (Å²) in [6, 6.07) is 28.9. The summed E-state index contributed by atoms with van der Waals surface area (Å²) < 4.78 is 0. The van der Waals surface area contributed by atoms with E-state index >= 15 is 0 Å². The molecule has 0 radical (unpaired) electrons. The first kappa shape index (κ1) is 16.7. The maximum Gasteiger partial charge on any atom is 0.194 e. The first-order chi connectivity index (χ1) is 13.7. The van der Waals surface area contributed by atoms with Gasteiger partial charge in [0.15, 0.2) is 5.78 Å². The second-order valence-electron chi connectivity index (χ2n) is 7.36. The highest BCUT2D eigenvalue weighted by atomic mass is 16.1. The normalized spacial score (nSPS) is 12.0. The molecular weight excluding hydrogens is 340 g/mol. The molecule has 0 amide bonds. The van der Waals surface area contributed by atoms with Gasteiger partial charge in [-0.1, -0.05) is 84.9 Å². The molecular formula is C27H20O. The van der Waals surface area contributed by atoms with Crippen molar-refractivity contribution in [1.29, 1.82) is 0 Å². The molecule has 0 saturated heterocycles. The first-order valence-electron chi connectivity index (χ1n) is 9.60. The third-order valence-corrected chi connectivity index (χ3v) is 5.79. The summed E-state index contributed by atoms with van der Waals surface area (Å²) >= 11 is 0. The van der Waals surface area contributed by atoms with Crippen LogP contribution in [-0.4, -0.2) is 5.78 Å². The lowest BCUT2D eigenvalue weighted by molar-refractivity contribution is 0.104. The summed E-state index contributed by atoms with van der Waals surface area (Å²) in [7, 11) is 0. The Morgan fingerprint density at radius 3 is 1.43 bits per heavy atom. The minimum atomic E-state index is 0.142. The molecule has 1 nitrogen and oxygen atoms in total. The van der Waals surface area contributed by atoms with Crippen molar-refractivity contribution < 1.29 is 4.79 Å². The molecule has 4 aromatic rings. The number of hydrogen-bond acceptors (Lipinski definition) is 1. The minimum Gasteiger partial charge on any atom is -0.289 e. The van der Waals surface area contributed by atoms with Gasteiger partial charge in [0, 0.05) is 11.1 Å². The highest BCUT2D eigenvalue weighted by Gasteiger charge is 2.33. The molecule has 0 bridgehead atoms. The highest BCUT2D eigenvalue weighted by Crippen LogP contribution is 2.48. The summed E-state index contributed by atoms with van der Waals surface area (Å²) in [5.74, 6) is 0.142. The zero-order chi connectivity index (χ0) is 19.3. The van der Waals surface area contributed by atoms with Gasteiger partial charge in [0.25, 0.3) is 0 Å². The Bertz CT molecular complexity index is 1220. The fraction of sp³-hybridized carbons (Fsp3) is 0.0741. The molecule has 5 rings (SSSR count). The zero-order valence-corrected chi connectivity index (χ0v) is 16.0. The average Bonchev–Trinajstić information content (AvgIpc) is 3.05. The molecule has 1 aliphatic rings. The molecule has 0 spiro atoms. The van der Waals surface area contributed by atoms with Crippen molar-refractivity contribution in [3.63, 3.8) is 0 Å². The van der Waals surface area contributed by atoms with E-state index in [1.165, 1.54) is 16.7 Å². The van der Waals surface area contributed by atoms with E-state index in [1.807, 2.05) is 30.3 Å². The summed E-state index contributed by atoms with van der Waals surface area (Å²) in [5.41, 5.74) is 10.8. The van der Waals surface area contributed by atoms with E-state index in [0.29, 0.717) is 0 Å². The Labute approximate surface area is 165 Å². The molecule has 0 unspecified atom stereocenters. The largest absolute Gasteiger partial charge is 0.289 e. The Hall–Kier alpha value is -3.45. The maximum absolute atomic E-state index is 13.3. The number of ketones is 1. The summed E-state index contributed by atoms with van der Waals surface area (Å²) in [5, 5.41) is 0. The van der Waals surface area contributed by atoms with Crippen LogP contribution >= 0.6 is 0 Å². The molecule has 1 aliphatic carbocycles. The second kappa shape index (κ2) is 6.31. The molecule has 134 valence electrons. The smallest absolute Gasteiger partial charge is 0.194 e. The monoisotopic (exact) mass is 360 g/mol. The first-order valence-corrected chi connectivity index (χ1v) is 9.60. The van der Waals surface area contributed by atoms with Crippen molar-refractivity contribution in [2.45, 2.75) is 13.8 Å². The van der Waals surface area contributed by atoms with Crippen LogP contribution in [0.5, 0.6) is 0 Å². The van der Waals surface area contributed by atoms with Crippen molar-refractivity contribution in [2.24, 2.45) is 0 Å². The van der Waals surface area contributed by atoms with E-state index in [2.05, 4.69) is 68.4 Å². The van der Waals surface area contributed by atoms with Gasteiger partial charge in [0.1, 0.15) is 0 Å². The van der Waals surface area contributed by atoms with Crippen LogP contribution in [-0.2, 0) is 0 Å². The van der Waals surface area contributed by atoms with Crippen molar-refractivity contribution in [2.75, 3.05) is 0 Å². The lowest BCUT2D eigenvalue weighted by Gasteiger charge is -2.21. The summed E-state index contributed by atoms with van der Waals surface area (Å²) in [6.45, 7) is 4.25. The number of hydrogen-bond donors (Lipinski definition) is 0. The maximum atomic E-state index is 13.3. The van der Waals surface area contributed by atoms with E-state index in [1.54, 1.807) is 0 Å². The molecule has 1 heteroatoms. The Balaban J connectivity index is 1.95. The lowest BCUT2D eigenvalue weighted by Crippen LogP contribution is -2.03.